The maximum Gasteiger partial charge on any atom is 0.458 e. The molecule has 0 aromatic heterocycles. The van der Waals surface area contributed by atoms with Gasteiger partial charge in [-0.25, -0.2) is 0 Å². The van der Waals surface area contributed by atoms with Crippen molar-refractivity contribution in [1.82, 2.24) is 0 Å². The number of aromatic hydroxyl groups is 1. The number of rotatable bonds is 2. The Labute approximate surface area is 109 Å². The van der Waals surface area contributed by atoms with Crippen LogP contribution in [-0.2, 0) is 11.8 Å². The SMILES string of the molecule is Oc1c(C(F)(F)C(F)(F)F)cccc1C(F)(F)C(F)(F)F. The van der Waals surface area contributed by atoms with E-state index in [4.69, 9.17) is 5.11 Å². The molecule has 0 unspecified atom stereocenters. The van der Waals surface area contributed by atoms with Crippen LogP contribution >= 0.6 is 0 Å². The smallest absolute Gasteiger partial charge is 0.458 e. The van der Waals surface area contributed by atoms with Gasteiger partial charge in [-0.2, -0.15) is 43.9 Å². The molecule has 0 heterocycles. The molecule has 0 bridgehead atoms. The highest BCUT2D eigenvalue weighted by Crippen LogP contribution is 2.52. The number of alkyl halides is 10. The third kappa shape index (κ3) is 2.72. The zero-order valence-corrected chi connectivity index (χ0v) is 9.46. The number of phenols is 1. The van der Waals surface area contributed by atoms with E-state index >= 15 is 0 Å². The number of para-hydroxylation sites is 1. The van der Waals surface area contributed by atoms with Gasteiger partial charge in [-0.3, -0.25) is 0 Å². The van der Waals surface area contributed by atoms with E-state index in [2.05, 4.69) is 0 Å². The van der Waals surface area contributed by atoms with Crippen molar-refractivity contribution in [1.29, 1.82) is 0 Å². The van der Waals surface area contributed by atoms with Gasteiger partial charge in [-0.05, 0) is 12.1 Å². The van der Waals surface area contributed by atoms with Gasteiger partial charge in [0.15, 0.2) is 0 Å². The van der Waals surface area contributed by atoms with E-state index in [-0.39, 0.29) is 18.2 Å². The van der Waals surface area contributed by atoms with Crippen molar-refractivity contribution < 1.29 is 49.0 Å². The third-order valence-corrected chi connectivity index (χ3v) is 2.42. The van der Waals surface area contributed by atoms with Gasteiger partial charge in [0, 0.05) is 0 Å². The van der Waals surface area contributed by atoms with Crippen LogP contribution in [0.2, 0.25) is 0 Å². The van der Waals surface area contributed by atoms with Gasteiger partial charge in [-0.1, -0.05) is 6.07 Å². The van der Waals surface area contributed by atoms with Gasteiger partial charge in [0.1, 0.15) is 5.75 Å². The predicted molar refractivity (Wildman–Crippen MR) is 48.0 cm³/mol. The average molecular weight is 330 g/mol. The summed E-state index contributed by atoms with van der Waals surface area (Å²) < 4.78 is 124. The van der Waals surface area contributed by atoms with Crippen molar-refractivity contribution in [3.63, 3.8) is 0 Å². The Morgan fingerprint density at radius 1 is 0.619 bits per heavy atom. The number of benzene rings is 1. The molecule has 1 rings (SSSR count). The summed E-state index contributed by atoms with van der Waals surface area (Å²) in [5.74, 6) is -14.1. The highest BCUT2D eigenvalue weighted by Gasteiger charge is 2.63. The Kier molecular flexibility index (Phi) is 3.86. The van der Waals surface area contributed by atoms with Gasteiger partial charge in [0.2, 0.25) is 0 Å². The van der Waals surface area contributed by atoms with Crippen LogP contribution in [-0.4, -0.2) is 17.5 Å². The molecule has 1 aromatic carbocycles. The second-order valence-corrected chi connectivity index (χ2v) is 3.85. The molecule has 21 heavy (non-hydrogen) atoms. The van der Waals surface area contributed by atoms with Crippen molar-refractivity contribution in [2.24, 2.45) is 0 Å². The first kappa shape index (κ1) is 17.4. The number of halogens is 10. The molecule has 0 aliphatic rings. The Hall–Kier alpha value is -1.68. The van der Waals surface area contributed by atoms with E-state index in [9.17, 15) is 43.9 Å². The fourth-order valence-electron chi connectivity index (χ4n) is 1.36. The topological polar surface area (TPSA) is 20.2 Å². The summed E-state index contributed by atoms with van der Waals surface area (Å²) in [6.07, 6.45) is -12.6. The van der Waals surface area contributed by atoms with Crippen molar-refractivity contribution in [2.75, 3.05) is 0 Å². The second kappa shape index (κ2) is 4.67. The molecular formula is C10H4F10O. The molecule has 0 atom stereocenters. The molecule has 0 fully saturated rings. The average Bonchev–Trinajstić information content (AvgIpc) is 2.25. The second-order valence-electron chi connectivity index (χ2n) is 3.85. The maximum atomic E-state index is 13.0. The number of phenolic OH excluding ortho intramolecular Hbond substituents is 1. The summed E-state index contributed by atoms with van der Waals surface area (Å²) in [5.41, 5.74) is -4.78. The quantitative estimate of drug-likeness (QED) is 0.780. The zero-order chi connectivity index (χ0) is 16.9. The normalized spacial score (nSPS) is 14.4. The molecule has 1 nitrogen and oxygen atoms in total. The van der Waals surface area contributed by atoms with Crippen LogP contribution < -0.4 is 0 Å². The molecular weight excluding hydrogens is 326 g/mol. The van der Waals surface area contributed by atoms with Gasteiger partial charge in [0.05, 0.1) is 11.1 Å². The van der Waals surface area contributed by atoms with E-state index < -0.39 is 41.1 Å². The fourth-order valence-corrected chi connectivity index (χ4v) is 1.36. The molecule has 0 saturated carbocycles. The van der Waals surface area contributed by atoms with Gasteiger partial charge < -0.3 is 5.11 Å². The van der Waals surface area contributed by atoms with E-state index in [0.717, 1.165) is 0 Å². The highest BCUT2D eigenvalue weighted by atomic mass is 19.4. The van der Waals surface area contributed by atoms with Crippen molar-refractivity contribution in [2.45, 2.75) is 24.2 Å². The molecule has 120 valence electrons. The minimum atomic E-state index is -6.28. The van der Waals surface area contributed by atoms with Crippen LogP contribution in [0, 0.1) is 0 Å². The van der Waals surface area contributed by atoms with Crippen LogP contribution in [0.15, 0.2) is 18.2 Å². The lowest BCUT2D eigenvalue weighted by atomic mass is 9.99. The molecule has 0 spiro atoms. The summed E-state index contributed by atoms with van der Waals surface area (Å²) in [6.45, 7) is 0. The molecule has 11 heteroatoms. The summed E-state index contributed by atoms with van der Waals surface area (Å²) in [5, 5.41) is 9.03. The Balaban J connectivity index is 3.56. The van der Waals surface area contributed by atoms with E-state index in [1.165, 1.54) is 0 Å². The maximum absolute atomic E-state index is 13.0. The minimum Gasteiger partial charge on any atom is -0.507 e. The Morgan fingerprint density at radius 2 is 0.905 bits per heavy atom. The van der Waals surface area contributed by atoms with Crippen molar-refractivity contribution in [3.8, 4) is 5.75 Å². The molecule has 0 aliphatic heterocycles. The lowest BCUT2D eigenvalue weighted by molar-refractivity contribution is -0.293. The van der Waals surface area contributed by atoms with Crippen LogP contribution in [0.25, 0.3) is 0 Å². The van der Waals surface area contributed by atoms with Crippen molar-refractivity contribution in [3.05, 3.63) is 29.3 Å². The van der Waals surface area contributed by atoms with E-state index in [1.807, 2.05) is 0 Å². The lowest BCUT2D eigenvalue weighted by Crippen LogP contribution is -2.36. The van der Waals surface area contributed by atoms with Crippen LogP contribution in [0.4, 0.5) is 43.9 Å². The van der Waals surface area contributed by atoms with E-state index in [1.54, 1.807) is 0 Å². The first-order valence-electron chi connectivity index (χ1n) is 4.86. The third-order valence-electron chi connectivity index (χ3n) is 2.42. The highest BCUT2D eigenvalue weighted by molar-refractivity contribution is 5.46. The van der Waals surface area contributed by atoms with E-state index in [0.29, 0.717) is 0 Å². The summed E-state index contributed by atoms with van der Waals surface area (Å²) in [7, 11) is 0. The molecule has 0 aliphatic carbocycles. The van der Waals surface area contributed by atoms with Gasteiger partial charge in [0.25, 0.3) is 0 Å². The molecule has 1 aromatic rings. The fraction of sp³-hybridized carbons (Fsp3) is 0.400. The summed E-state index contributed by atoms with van der Waals surface area (Å²) in [6, 6.07) is -0.0682. The Bertz CT molecular complexity index is 483. The summed E-state index contributed by atoms with van der Waals surface area (Å²) in [4.78, 5) is 0. The summed E-state index contributed by atoms with van der Waals surface area (Å²) >= 11 is 0. The van der Waals surface area contributed by atoms with Crippen molar-refractivity contribution >= 4 is 0 Å². The standard InChI is InChI=1S/C10H4F10O/c11-7(12,9(15,16)17)4-2-1-3-5(6(4)21)8(13,14)10(18,19)20/h1-3,21H. The first-order valence-corrected chi connectivity index (χ1v) is 4.86. The molecule has 1 N–H and O–H groups in total. The number of hydrogen-bond donors (Lipinski definition) is 1. The first-order chi connectivity index (χ1) is 9.14. The molecule has 0 radical (unpaired) electrons. The van der Waals surface area contributed by atoms with Crippen LogP contribution in [0.5, 0.6) is 5.75 Å². The molecule has 0 amide bonds. The molecule has 0 saturated heterocycles. The lowest BCUT2D eigenvalue weighted by Gasteiger charge is -2.25. The largest absolute Gasteiger partial charge is 0.507 e. The van der Waals surface area contributed by atoms with Gasteiger partial charge >= 0.3 is 24.2 Å². The van der Waals surface area contributed by atoms with Gasteiger partial charge in [-0.15, -0.1) is 0 Å². The van der Waals surface area contributed by atoms with Crippen LogP contribution in [0.1, 0.15) is 11.1 Å². The predicted octanol–water partition coefficient (Wildman–Crippen LogP) is 4.70. The monoisotopic (exact) mass is 330 g/mol. The van der Waals surface area contributed by atoms with Crippen LogP contribution in [0.3, 0.4) is 0 Å². The zero-order valence-electron chi connectivity index (χ0n) is 9.46. The Morgan fingerprint density at radius 3 is 1.14 bits per heavy atom. The number of hydrogen-bond acceptors (Lipinski definition) is 1. The minimum absolute atomic E-state index is 0.0984.